The van der Waals surface area contributed by atoms with Gasteiger partial charge in [-0.05, 0) is 24.3 Å². The molecule has 0 aliphatic carbocycles. The number of ether oxygens (including phenoxy) is 1. The van der Waals surface area contributed by atoms with Gasteiger partial charge in [0.1, 0.15) is 5.75 Å². The SMILES string of the molecule is CNc1nccn1-c1ccc(OC)cc1. The summed E-state index contributed by atoms with van der Waals surface area (Å²) >= 11 is 0. The summed E-state index contributed by atoms with van der Waals surface area (Å²) in [5, 5.41) is 3.02. The lowest BCUT2D eigenvalue weighted by molar-refractivity contribution is 0.415. The number of hydrogen-bond donors (Lipinski definition) is 1. The molecule has 0 aliphatic rings. The van der Waals surface area contributed by atoms with Crippen LogP contribution < -0.4 is 10.1 Å². The molecule has 15 heavy (non-hydrogen) atoms. The van der Waals surface area contributed by atoms with Crippen LogP contribution in [0.1, 0.15) is 0 Å². The van der Waals surface area contributed by atoms with Crippen LogP contribution in [0.3, 0.4) is 0 Å². The monoisotopic (exact) mass is 203 g/mol. The third kappa shape index (κ3) is 1.79. The van der Waals surface area contributed by atoms with Crippen molar-refractivity contribution in [3.8, 4) is 11.4 Å². The highest BCUT2D eigenvalue weighted by Crippen LogP contribution is 2.17. The number of nitrogens with zero attached hydrogens (tertiary/aromatic N) is 2. The third-order valence-electron chi connectivity index (χ3n) is 2.21. The van der Waals surface area contributed by atoms with Gasteiger partial charge < -0.3 is 10.1 Å². The lowest BCUT2D eigenvalue weighted by Gasteiger charge is -2.07. The molecule has 78 valence electrons. The van der Waals surface area contributed by atoms with Crippen molar-refractivity contribution < 1.29 is 4.74 Å². The van der Waals surface area contributed by atoms with E-state index in [1.807, 2.05) is 42.1 Å². The molecule has 1 aromatic heterocycles. The molecule has 4 heteroatoms. The van der Waals surface area contributed by atoms with Crippen molar-refractivity contribution in [2.75, 3.05) is 19.5 Å². The van der Waals surface area contributed by atoms with Gasteiger partial charge in [-0.2, -0.15) is 0 Å². The van der Waals surface area contributed by atoms with Crippen molar-refractivity contribution in [1.29, 1.82) is 0 Å². The van der Waals surface area contributed by atoms with E-state index in [9.17, 15) is 0 Å². The van der Waals surface area contributed by atoms with Crippen LogP contribution in [0.4, 0.5) is 5.95 Å². The number of rotatable bonds is 3. The van der Waals surface area contributed by atoms with E-state index in [1.165, 1.54) is 0 Å². The first-order chi connectivity index (χ1) is 7.35. The van der Waals surface area contributed by atoms with Gasteiger partial charge in [-0.3, -0.25) is 4.57 Å². The summed E-state index contributed by atoms with van der Waals surface area (Å²) in [6, 6.07) is 7.83. The largest absolute Gasteiger partial charge is 0.497 e. The van der Waals surface area contributed by atoms with E-state index >= 15 is 0 Å². The molecule has 0 amide bonds. The first kappa shape index (κ1) is 9.58. The highest BCUT2D eigenvalue weighted by atomic mass is 16.5. The minimum absolute atomic E-state index is 0.820. The molecule has 0 bridgehead atoms. The maximum Gasteiger partial charge on any atom is 0.207 e. The second-order valence-electron chi connectivity index (χ2n) is 3.07. The molecule has 1 aromatic carbocycles. The van der Waals surface area contributed by atoms with Crippen LogP contribution in [0.15, 0.2) is 36.7 Å². The highest BCUT2D eigenvalue weighted by molar-refractivity contribution is 5.43. The zero-order valence-corrected chi connectivity index (χ0v) is 8.77. The number of aromatic nitrogens is 2. The Morgan fingerprint density at radius 3 is 2.60 bits per heavy atom. The van der Waals surface area contributed by atoms with E-state index in [1.54, 1.807) is 13.3 Å². The van der Waals surface area contributed by atoms with Gasteiger partial charge in [0.2, 0.25) is 5.95 Å². The van der Waals surface area contributed by atoms with Crippen LogP contribution >= 0.6 is 0 Å². The topological polar surface area (TPSA) is 39.1 Å². The Balaban J connectivity index is 2.37. The number of benzene rings is 1. The third-order valence-corrected chi connectivity index (χ3v) is 2.21. The second-order valence-corrected chi connectivity index (χ2v) is 3.07. The van der Waals surface area contributed by atoms with Gasteiger partial charge in [-0.25, -0.2) is 4.98 Å². The summed E-state index contributed by atoms with van der Waals surface area (Å²) in [7, 11) is 3.51. The van der Waals surface area contributed by atoms with Crippen molar-refractivity contribution >= 4 is 5.95 Å². The van der Waals surface area contributed by atoms with E-state index in [2.05, 4.69) is 10.3 Å². The first-order valence-corrected chi connectivity index (χ1v) is 4.70. The lowest BCUT2D eigenvalue weighted by atomic mass is 10.3. The minimum Gasteiger partial charge on any atom is -0.497 e. The number of anilines is 1. The molecule has 0 unspecified atom stereocenters. The standard InChI is InChI=1S/C11H13N3O/c1-12-11-13-7-8-14(11)9-3-5-10(15-2)6-4-9/h3-8H,1-2H3,(H,12,13). The average molecular weight is 203 g/mol. The van der Waals surface area contributed by atoms with Gasteiger partial charge in [0.25, 0.3) is 0 Å². The molecule has 2 rings (SSSR count). The van der Waals surface area contributed by atoms with Gasteiger partial charge in [0.15, 0.2) is 0 Å². The van der Waals surface area contributed by atoms with Crippen LogP contribution in [0.5, 0.6) is 5.75 Å². The van der Waals surface area contributed by atoms with E-state index in [0.29, 0.717) is 0 Å². The molecular formula is C11H13N3O. The Morgan fingerprint density at radius 2 is 2.00 bits per heavy atom. The summed E-state index contributed by atoms with van der Waals surface area (Å²) in [6.07, 6.45) is 3.67. The maximum absolute atomic E-state index is 5.10. The molecule has 0 fully saturated rings. The van der Waals surface area contributed by atoms with Gasteiger partial charge in [-0.1, -0.05) is 0 Å². The molecule has 4 nitrogen and oxygen atoms in total. The Morgan fingerprint density at radius 1 is 1.27 bits per heavy atom. The first-order valence-electron chi connectivity index (χ1n) is 4.70. The molecule has 2 aromatic rings. The van der Waals surface area contributed by atoms with Crippen LogP contribution in [0, 0.1) is 0 Å². The smallest absolute Gasteiger partial charge is 0.207 e. The molecular weight excluding hydrogens is 190 g/mol. The van der Waals surface area contributed by atoms with Gasteiger partial charge in [0, 0.05) is 25.1 Å². The number of methoxy groups -OCH3 is 1. The molecule has 1 N–H and O–H groups in total. The summed E-state index contributed by atoms with van der Waals surface area (Å²) in [4.78, 5) is 4.17. The normalized spacial score (nSPS) is 10.0. The Bertz CT molecular complexity index is 433. The fraction of sp³-hybridized carbons (Fsp3) is 0.182. The van der Waals surface area contributed by atoms with E-state index in [0.717, 1.165) is 17.4 Å². The van der Waals surface area contributed by atoms with Crippen LogP contribution in [-0.2, 0) is 0 Å². The van der Waals surface area contributed by atoms with E-state index in [4.69, 9.17) is 4.74 Å². The van der Waals surface area contributed by atoms with Crippen LogP contribution in [0.2, 0.25) is 0 Å². The van der Waals surface area contributed by atoms with Crippen LogP contribution in [-0.4, -0.2) is 23.7 Å². The van der Waals surface area contributed by atoms with Gasteiger partial charge >= 0.3 is 0 Å². The van der Waals surface area contributed by atoms with Crippen molar-refractivity contribution in [1.82, 2.24) is 9.55 Å². The predicted octanol–water partition coefficient (Wildman–Crippen LogP) is 1.92. The molecule has 0 saturated heterocycles. The number of hydrogen-bond acceptors (Lipinski definition) is 3. The van der Waals surface area contributed by atoms with E-state index in [-0.39, 0.29) is 0 Å². The molecule has 0 radical (unpaired) electrons. The predicted molar refractivity (Wildman–Crippen MR) is 59.7 cm³/mol. The Hall–Kier alpha value is -1.97. The zero-order valence-electron chi connectivity index (χ0n) is 8.77. The van der Waals surface area contributed by atoms with Gasteiger partial charge in [-0.15, -0.1) is 0 Å². The average Bonchev–Trinajstić information content (AvgIpc) is 2.77. The Labute approximate surface area is 88.5 Å². The fourth-order valence-electron chi connectivity index (χ4n) is 1.44. The second kappa shape index (κ2) is 4.04. The number of nitrogens with one attached hydrogen (secondary N) is 1. The minimum atomic E-state index is 0.820. The summed E-state index contributed by atoms with van der Waals surface area (Å²) in [5.41, 5.74) is 1.05. The number of imidazole rings is 1. The van der Waals surface area contributed by atoms with Gasteiger partial charge in [0.05, 0.1) is 7.11 Å². The zero-order chi connectivity index (χ0) is 10.7. The summed E-state index contributed by atoms with van der Waals surface area (Å²) in [5.74, 6) is 1.67. The lowest BCUT2D eigenvalue weighted by Crippen LogP contribution is -2.00. The van der Waals surface area contributed by atoms with E-state index < -0.39 is 0 Å². The molecule has 0 spiro atoms. The van der Waals surface area contributed by atoms with Crippen molar-refractivity contribution in [2.45, 2.75) is 0 Å². The summed E-state index contributed by atoms with van der Waals surface area (Å²) < 4.78 is 7.07. The quantitative estimate of drug-likeness (QED) is 0.828. The highest BCUT2D eigenvalue weighted by Gasteiger charge is 2.02. The van der Waals surface area contributed by atoms with Crippen molar-refractivity contribution in [3.05, 3.63) is 36.7 Å². The van der Waals surface area contributed by atoms with Crippen molar-refractivity contribution in [3.63, 3.8) is 0 Å². The molecule has 0 saturated carbocycles. The molecule has 1 heterocycles. The fourth-order valence-corrected chi connectivity index (χ4v) is 1.44. The van der Waals surface area contributed by atoms with Crippen LogP contribution in [0.25, 0.3) is 5.69 Å². The molecule has 0 atom stereocenters. The van der Waals surface area contributed by atoms with Crippen molar-refractivity contribution in [2.24, 2.45) is 0 Å². The molecule has 0 aliphatic heterocycles. The Kier molecular flexibility index (Phi) is 2.58. The summed E-state index contributed by atoms with van der Waals surface area (Å²) in [6.45, 7) is 0. The maximum atomic E-state index is 5.10.